The Balaban J connectivity index is 1.54. The minimum absolute atomic E-state index is 0.0256. The zero-order valence-corrected chi connectivity index (χ0v) is 15.0. The lowest BCUT2D eigenvalue weighted by atomic mass is 9.95. The molecule has 2 heterocycles. The van der Waals surface area contributed by atoms with Crippen molar-refractivity contribution in [2.45, 2.75) is 64.1 Å². The number of nitrogens with one attached hydrogen (secondary N) is 1. The Labute approximate surface area is 148 Å². The molecular formula is C18H29N5O2. The molecule has 1 aliphatic heterocycles. The monoisotopic (exact) mass is 347 g/mol. The van der Waals surface area contributed by atoms with Crippen LogP contribution in [0.5, 0.6) is 0 Å². The van der Waals surface area contributed by atoms with Crippen LogP contribution in [0.2, 0.25) is 0 Å². The van der Waals surface area contributed by atoms with E-state index in [0.717, 1.165) is 19.3 Å². The van der Waals surface area contributed by atoms with E-state index in [-0.39, 0.29) is 30.4 Å². The first-order chi connectivity index (χ1) is 12.1. The van der Waals surface area contributed by atoms with Gasteiger partial charge in [-0.2, -0.15) is 5.10 Å². The Bertz CT molecular complexity index is 608. The maximum Gasteiger partial charge on any atom is 0.257 e. The molecule has 2 atom stereocenters. The molecule has 0 aromatic carbocycles. The fourth-order valence-electron chi connectivity index (χ4n) is 3.99. The van der Waals surface area contributed by atoms with Gasteiger partial charge in [0, 0.05) is 24.8 Å². The standard InChI is InChI=1S/C18H29N5O2/c1-13-7-14(8-19)10-23(13)18(25)15-9-20-22(11-15)12-17(24)21-16-5-3-2-4-6-16/h9,11,13-14,16H,2-8,10,12,19H2,1H3,(H,21,24). The van der Waals surface area contributed by atoms with E-state index in [1.54, 1.807) is 17.1 Å². The summed E-state index contributed by atoms with van der Waals surface area (Å²) in [6, 6.07) is 0.482. The highest BCUT2D eigenvalue weighted by molar-refractivity contribution is 5.94. The Morgan fingerprint density at radius 1 is 1.32 bits per heavy atom. The molecule has 0 bridgehead atoms. The highest BCUT2D eigenvalue weighted by Gasteiger charge is 2.32. The van der Waals surface area contributed by atoms with Crippen molar-refractivity contribution >= 4 is 11.8 Å². The molecule has 3 rings (SSSR count). The van der Waals surface area contributed by atoms with Gasteiger partial charge in [-0.1, -0.05) is 19.3 Å². The smallest absolute Gasteiger partial charge is 0.257 e. The fraction of sp³-hybridized carbons (Fsp3) is 0.722. The van der Waals surface area contributed by atoms with Crippen LogP contribution in [0.25, 0.3) is 0 Å². The molecule has 7 nitrogen and oxygen atoms in total. The average molecular weight is 347 g/mol. The summed E-state index contributed by atoms with van der Waals surface area (Å²) < 4.78 is 1.55. The maximum atomic E-state index is 12.7. The first kappa shape index (κ1) is 17.9. The van der Waals surface area contributed by atoms with Crippen molar-refractivity contribution in [3.8, 4) is 0 Å². The van der Waals surface area contributed by atoms with Crippen LogP contribution in [0.15, 0.2) is 12.4 Å². The highest BCUT2D eigenvalue weighted by atomic mass is 16.2. The second-order valence-electron chi connectivity index (χ2n) is 7.47. The van der Waals surface area contributed by atoms with Crippen molar-refractivity contribution in [3.05, 3.63) is 18.0 Å². The lowest BCUT2D eigenvalue weighted by Crippen LogP contribution is -2.38. The molecular weight excluding hydrogens is 318 g/mol. The summed E-state index contributed by atoms with van der Waals surface area (Å²) in [5, 5.41) is 7.26. The number of amides is 2. The number of hydrogen-bond donors (Lipinski definition) is 2. The summed E-state index contributed by atoms with van der Waals surface area (Å²) in [5.74, 6) is 0.310. The third-order valence-electron chi connectivity index (χ3n) is 5.41. The van der Waals surface area contributed by atoms with E-state index < -0.39 is 0 Å². The molecule has 0 radical (unpaired) electrons. The van der Waals surface area contributed by atoms with E-state index in [1.165, 1.54) is 19.3 Å². The van der Waals surface area contributed by atoms with Gasteiger partial charge < -0.3 is 16.0 Å². The summed E-state index contributed by atoms with van der Waals surface area (Å²) >= 11 is 0. The van der Waals surface area contributed by atoms with Crippen LogP contribution in [0.4, 0.5) is 0 Å². The van der Waals surface area contributed by atoms with E-state index in [4.69, 9.17) is 5.73 Å². The summed E-state index contributed by atoms with van der Waals surface area (Å²) in [5.41, 5.74) is 6.27. The maximum absolute atomic E-state index is 12.7. The number of aromatic nitrogens is 2. The quantitative estimate of drug-likeness (QED) is 0.835. The van der Waals surface area contributed by atoms with Crippen LogP contribution in [0, 0.1) is 5.92 Å². The number of likely N-dealkylation sites (tertiary alicyclic amines) is 1. The molecule has 7 heteroatoms. The van der Waals surface area contributed by atoms with Gasteiger partial charge in [0.25, 0.3) is 5.91 Å². The van der Waals surface area contributed by atoms with Gasteiger partial charge in [0.1, 0.15) is 6.54 Å². The van der Waals surface area contributed by atoms with E-state index in [0.29, 0.717) is 24.6 Å². The van der Waals surface area contributed by atoms with Crippen LogP contribution >= 0.6 is 0 Å². The molecule has 0 spiro atoms. The predicted molar refractivity (Wildman–Crippen MR) is 94.9 cm³/mol. The molecule has 2 amide bonds. The molecule has 3 N–H and O–H groups in total. The summed E-state index contributed by atoms with van der Waals surface area (Å²) in [6.07, 6.45) is 9.92. The van der Waals surface area contributed by atoms with Crippen LogP contribution in [0.1, 0.15) is 55.8 Å². The highest BCUT2D eigenvalue weighted by Crippen LogP contribution is 2.24. The lowest BCUT2D eigenvalue weighted by molar-refractivity contribution is -0.122. The summed E-state index contributed by atoms with van der Waals surface area (Å²) in [4.78, 5) is 26.7. The zero-order chi connectivity index (χ0) is 17.8. The Morgan fingerprint density at radius 2 is 2.08 bits per heavy atom. The molecule has 1 saturated carbocycles. The van der Waals surface area contributed by atoms with Crippen LogP contribution in [-0.4, -0.2) is 51.7 Å². The van der Waals surface area contributed by atoms with Gasteiger partial charge in [0.15, 0.2) is 0 Å². The molecule has 25 heavy (non-hydrogen) atoms. The Hall–Kier alpha value is -1.89. The Morgan fingerprint density at radius 3 is 2.76 bits per heavy atom. The minimum atomic E-state index is -0.0354. The van der Waals surface area contributed by atoms with Crippen LogP contribution < -0.4 is 11.1 Å². The predicted octanol–water partition coefficient (Wildman–Crippen LogP) is 1.14. The normalized spacial score (nSPS) is 24.5. The number of rotatable bonds is 5. The Kier molecular flexibility index (Phi) is 5.73. The fourth-order valence-corrected chi connectivity index (χ4v) is 3.99. The molecule has 1 aromatic heterocycles. The van der Waals surface area contributed by atoms with Crippen molar-refractivity contribution in [1.29, 1.82) is 0 Å². The molecule has 2 fully saturated rings. The van der Waals surface area contributed by atoms with Gasteiger partial charge in [-0.05, 0) is 38.6 Å². The van der Waals surface area contributed by atoms with Crippen molar-refractivity contribution in [3.63, 3.8) is 0 Å². The molecule has 2 aliphatic rings. The summed E-state index contributed by atoms with van der Waals surface area (Å²) in [7, 11) is 0. The molecule has 2 unspecified atom stereocenters. The average Bonchev–Trinajstić information content (AvgIpc) is 3.21. The van der Waals surface area contributed by atoms with Gasteiger partial charge in [-0.25, -0.2) is 0 Å². The van der Waals surface area contributed by atoms with E-state index in [9.17, 15) is 9.59 Å². The minimum Gasteiger partial charge on any atom is -0.352 e. The van der Waals surface area contributed by atoms with Gasteiger partial charge in [0.2, 0.25) is 5.91 Å². The zero-order valence-electron chi connectivity index (χ0n) is 15.0. The van der Waals surface area contributed by atoms with Gasteiger partial charge in [-0.3, -0.25) is 14.3 Å². The number of carbonyl (C=O) groups is 2. The second-order valence-corrected chi connectivity index (χ2v) is 7.47. The number of carbonyl (C=O) groups excluding carboxylic acids is 2. The van der Waals surface area contributed by atoms with E-state index in [2.05, 4.69) is 17.3 Å². The first-order valence-corrected chi connectivity index (χ1v) is 9.39. The first-order valence-electron chi connectivity index (χ1n) is 9.39. The number of nitrogens with zero attached hydrogens (tertiary/aromatic N) is 3. The van der Waals surface area contributed by atoms with Gasteiger partial charge >= 0.3 is 0 Å². The third kappa shape index (κ3) is 4.39. The van der Waals surface area contributed by atoms with Crippen molar-refractivity contribution in [1.82, 2.24) is 20.0 Å². The van der Waals surface area contributed by atoms with Crippen molar-refractivity contribution < 1.29 is 9.59 Å². The third-order valence-corrected chi connectivity index (χ3v) is 5.41. The van der Waals surface area contributed by atoms with Crippen LogP contribution in [-0.2, 0) is 11.3 Å². The molecule has 1 saturated heterocycles. The molecule has 1 aliphatic carbocycles. The lowest BCUT2D eigenvalue weighted by Gasteiger charge is -2.22. The largest absolute Gasteiger partial charge is 0.352 e. The van der Waals surface area contributed by atoms with Crippen molar-refractivity contribution in [2.24, 2.45) is 11.7 Å². The van der Waals surface area contributed by atoms with E-state index in [1.807, 2.05) is 4.90 Å². The summed E-state index contributed by atoms with van der Waals surface area (Å²) in [6.45, 7) is 3.51. The second kappa shape index (κ2) is 7.99. The van der Waals surface area contributed by atoms with Gasteiger partial charge in [-0.15, -0.1) is 0 Å². The topological polar surface area (TPSA) is 93.2 Å². The van der Waals surface area contributed by atoms with Crippen LogP contribution in [0.3, 0.4) is 0 Å². The number of nitrogens with two attached hydrogens (primary N) is 1. The molecule has 138 valence electrons. The molecule has 1 aromatic rings. The number of hydrogen-bond acceptors (Lipinski definition) is 4. The van der Waals surface area contributed by atoms with E-state index >= 15 is 0 Å². The van der Waals surface area contributed by atoms with Gasteiger partial charge in [0.05, 0.1) is 11.8 Å². The van der Waals surface area contributed by atoms with Crippen molar-refractivity contribution in [2.75, 3.05) is 13.1 Å². The SMILES string of the molecule is CC1CC(CN)CN1C(=O)c1cnn(CC(=O)NC2CCCCC2)c1.